The number of aromatic nitrogens is 2. The number of ketones is 2. The number of Topliss-reactive ketones (excluding diaryl/α,β-unsaturated/α-hetero) is 2. The van der Waals surface area contributed by atoms with Gasteiger partial charge >= 0.3 is 0 Å². The first kappa shape index (κ1) is 33.1. The molecule has 0 spiro atoms. The predicted molar refractivity (Wildman–Crippen MR) is 213 cm³/mol. The smallest absolute Gasteiger partial charge is 0.266 e. The van der Waals surface area contributed by atoms with Crippen molar-refractivity contribution in [2.45, 2.75) is 18.9 Å². The molecule has 0 saturated heterocycles. The van der Waals surface area contributed by atoms with Crippen molar-refractivity contribution in [1.29, 1.82) is 0 Å². The molecule has 2 aliphatic carbocycles. The molecular formula is C47H29N3O6. The van der Waals surface area contributed by atoms with Crippen LogP contribution in [0.4, 0.5) is 5.69 Å². The molecule has 1 aliphatic heterocycles. The van der Waals surface area contributed by atoms with Crippen LogP contribution in [0.15, 0.2) is 144 Å². The molecule has 2 heterocycles. The number of hydrogen-bond donors (Lipinski definition) is 1. The number of hydrogen-bond acceptors (Lipinski definition) is 7. The Balaban J connectivity index is 0.983. The van der Waals surface area contributed by atoms with Crippen LogP contribution in [0.1, 0.15) is 70.7 Å². The Kier molecular flexibility index (Phi) is 7.57. The van der Waals surface area contributed by atoms with Crippen molar-refractivity contribution in [3.8, 4) is 16.9 Å². The summed E-state index contributed by atoms with van der Waals surface area (Å²) in [6, 6.07) is 36.3. The van der Waals surface area contributed by atoms with Gasteiger partial charge in [0.05, 0.1) is 27.7 Å². The normalized spacial score (nSPS) is 14.9. The quantitative estimate of drug-likeness (QED) is 0.129. The zero-order valence-electron chi connectivity index (χ0n) is 29.6. The maximum absolute atomic E-state index is 14.1. The molecule has 10 rings (SSSR count). The second kappa shape index (κ2) is 12.8. The lowest BCUT2D eigenvalue weighted by Crippen LogP contribution is -2.29. The molecule has 0 radical (unpaired) electrons. The van der Waals surface area contributed by atoms with Gasteiger partial charge in [0.1, 0.15) is 24.1 Å². The van der Waals surface area contributed by atoms with Gasteiger partial charge in [-0.2, -0.15) is 0 Å². The Hall–Kier alpha value is -7.52. The number of fused-ring (bicyclic) bond motifs is 4. The molecule has 7 aromatic rings. The van der Waals surface area contributed by atoms with Gasteiger partial charge in [0.25, 0.3) is 17.4 Å². The van der Waals surface area contributed by atoms with E-state index in [0.717, 1.165) is 39.1 Å². The number of benzene rings is 6. The van der Waals surface area contributed by atoms with Gasteiger partial charge in [-0.3, -0.25) is 24.0 Å². The minimum Gasteiger partial charge on any atom is -0.487 e. The Bertz CT molecular complexity index is 2930. The van der Waals surface area contributed by atoms with Crippen molar-refractivity contribution >= 4 is 56.3 Å². The Morgan fingerprint density at radius 2 is 1.30 bits per heavy atom. The van der Waals surface area contributed by atoms with Gasteiger partial charge in [0, 0.05) is 11.1 Å². The second-order valence-corrected chi connectivity index (χ2v) is 14.1. The monoisotopic (exact) mass is 731 g/mol. The summed E-state index contributed by atoms with van der Waals surface area (Å²) in [6.45, 7) is 0.228. The van der Waals surface area contributed by atoms with E-state index in [4.69, 9.17) is 4.74 Å². The topological polar surface area (TPSA) is 126 Å². The third-order valence-electron chi connectivity index (χ3n) is 10.7. The summed E-state index contributed by atoms with van der Waals surface area (Å²) in [4.78, 5) is 77.8. The number of allylic oxidation sites excluding steroid dienone is 4. The molecule has 56 heavy (non-hydrogen) atoms. The average Bonchev–Trinajstić information content (AvgIpc) is 3.92. The first-order valence-corrected chi connectivity index (χ1v) is 18.2. The molecule has 0 bridgehead atoms. The summed E-state index contributed by atoms with van der Waals surface area (Å²) in [5.74, 6) is -3.07. The number of anilines is 1. The molecule has 1 N–H and O–H groups in total. The summed E-state index contributed by atoms with van der Waals surface area (Å²) in [7, 11) is 0. The molecule has 6 aromatic carbocycles. The number of rotatable bonds is 7. The standard InChI is InChI=1S/C47H29N3O6/c51-42-33-20-31-22-35-36(47(55)50(46(35)54)39-18-16-30(28-13-7-8-14-28)24-40(39)56-25-26-9-3-1-4-10-26)23-32(31)21-34(33)43(52)41(42)44-48-38-17-15-29(19-37(38)45(53)49-44)27-11-5-2-6-12-27/h1-7,9-24,41H,8,25H2,(H,48,49,53). The van der Waals surface area contributed by atoms with Gasteiger partial charge in [-0.05, 0) is 93.6 Å². The van der Waals surface area contributed by atoms with E-state index >= 15 is 0 Å². The second-order valence-electron chi connectivity index (χ2n) is 14.1. The van der Waals surface area contributed by atoms with Crippen LogP contribution in [-0.2, 0) is 6.61 Å². The number of amides is 2. The zero-order valence-corrected chi connectivity index (χ0v) is 29.6. The van der Waals surface area contributed by atoms with Gasteiger partial charge in [-0.15, -0.1) is 0 Å². The fourth-order valence-electron chi connectivity index (χ4n) is 7.85. The highest BCUT2D eigenvalue weighted by atomic mass is 16.5. The fraction of sp³-hybridized carbons (Fsp3) is 0.0638. The Morgan fingerprint density at radius 1 is 0.661 bits per heavy atom. The van der Waals surface area contributed by atoms with E-state index in [-0.39, 0.29) is 34.7 Å². The lowest BCUT2D eigenvalue weighted by Gasteiger charge is -2.20. The van der Waals surface area contributed by atoms with Crippen LogP contribution >= 0.6 is 0 Å². The Labute approximate surface area is 319 Å². The molecule has 2 amide bonds. The van der Waals surface area contributed by atoms with Crippen molar-refractivity contribution in [2.24, 2.45) is 0 Å². The highest BCUT2D eigenvalue weighted by Crippen LogP contribution is 2.41. The first-order valence-electron chi connectivity index (χ1n) is 18.2. The Morgan fingerprint density at radius 3 is 1.96 bits per heavy atom. The van der Waals surface area contributed by atoms with Crippen LogP contribution in [0.5, 0.6) is 5.75 Å². The molecule has 9 heteroatoms. The lowest BCUT2D eigenvalue weighted by atomic mass is 9.98. The number of H-pyrrole nitrogens is 1. The number of nitrogens with one attached hydrogen (secondary N) is 1. The highest BCUT2D eigenvalue weighted by Gasteiger charge is 2.43. The molecule has 0 unspecified atom stereocenters. The number of aromatic amines is 1. The third-order valence-corrected chi connectivity index (χ3v) is 10.7. The van der Waals surface area contributed by atoms with Gasteiger partial charge in [-0.25, -0.2) is 9.88 Å². The van der Waals surface area contributed by atoms with Crippen LogP contribution in [0.25, 0.3) is 38.4 Å². The van der Waals surface area contributed by atoms with Gasteiger partial charge in [-0.1, -0.05) is 91.0 Å². The molecular weight excluding hydrogens is 703 g/mol. The molecule has 9 nitrogen and oxygen atoms in total. The van der Waals surface area contributed by atoms with Crippen LogP contribution in [0, 0.1) is 0 Å². The van der Waals surface area contributed by atoms with Gasteiger partial charge in [0.2, 0.25) is 0 Å². The fourth-order valence-corrected chi connectivity index (χ4v) is 7.85. The molecule has 3 aliphatic rings. The summed E-state index contributed by atoms with van der Waals surface area (Å²) in [5, 5.41) is 1.36. The summed E-state index contributed by atoms with van der Waals surface area (Å²) >= 11 is 0. The number of carbonyl (C=O) groups excluding carboxylic acids is 4. The zero-order chi connectivity index (χ0) is 38.1. The van der Waals surface area contributed by atoms with Gasteiger partial charge < -0.3 is 9.72 Å². The van der Waals surface area contributed by atoms with Crippen molar-refractivity contribution in [1.82, 2.24) is 9.97 Å². The number of ether oxygens (including phenoxy) is 1. The predicted octanol–water partition coefficient (Wildman–Crippen LogP) is 8.63. The molecule has 0 atom stereocenters. The minimum absolute atomic E-state index is 0.0368. The summed E-state index contributed by atoms with van der Waals surface area (Å²) in [6.07, 6.45) is 7.00. The number of carbonyl (C=O) groups is 4. The van der Waals surface area contributed by atoms with Crippen molar-refractivity contribution in [2.75, 3.05) is 4.90 Å². The summed E-state index contributed by atoms with van der Waals surface area (Å²) in [5.41, 5.74) is 5.49. The maximum Gasteiger partial charge on any atom is 0.266 e. The van der Waals surface area contributed by atoms with Crippen LogP contribution in [-0.4, -0.2) is 33.3 Å². The van der Waals surface area contributed by atoms with Crippen molar-refractivity contribution in [3.63, 3.8) is 0 Å². The lowest BCUT2D eigenvalue weighted by molar-refractivity contribution is 0.0880. The van der Waals surface area contributed by atoms with Crippen molar-refractivity contribution in [3.05, 3.63) is 189 Å². The number of imide groups is 1. The first-order chi connectivity index (χ1) is 27.3. The van der Waals surface area contributed by atoms with Crippen molar-refractivity contribution < 1.29 is 23.9 Å². The highest BCUT2D eigenvalue weighted by molar-refractivity contribution is 6.36. The molecule has 0 saturated carbocycles. The summed E-state index contributed by atoms with van der Waals surface area (Å²) < 4.78 is 6.29. The van der Waals surface area contributed by atoms with E-state index < -0.39 is 34.9 Å². The van der Waals surface area contributed by atoms with E-state index in [1.54, 1.807) is 42.5 Å². The van der Waals surface area contributed by atoms with Crippen LogP contribution in [0.2, 0.25) is 0 Å². The number of nitrogens with zero attached hydrogens (tertiary/aromatic N) is 2. The largest absolute Gasteiger partial charge is 0.487 e. The molecule has 1 aromatic heterocycles. The maximum atomic E-state index is 14.1. The average molecular weight is 732 g/mol. The van der Waals surface area contributed by atoms with E-state index in [0.29, 0.717) is 33.1 Å². The van der Waals surface area contributed by atoms with E-state index in [9.17, 15) is 24.0 Å². The minimum atomic E-state index is -1.34. The van der Waals surface area contributed by atoms with E-state index in [1.807, 2.05) is 84.9 Å². The molecule has 0 fully saturated rings. The van der Waals surface area contributed by atoms with Crippen LogP contribution < -0.4 is 15.2 Å². The van der Waals surface area contributed by atoms with E-state index in [1.165, 1.54) is 0 Å². The van der Waals surface area contributed by atoms with Crippen LogP contribution in [0.3, 0.4) is 0 Å². The van der Waals surface area contributed by atoms with E-state index in [2.05, 4.69) is 22.1 Å². The molecule has 268 valence electrons. The third kappa shape index (κ3) is 5.32. The van der Waals surface area contributed by atoms with Gasteiger partial charge in [0.15, 0.2) is 11.6 Å². The SMILES string of the molecule is O=C1c2cc3cc4c(cc3cc2C(=O)C1c1nc2ccc(-c3ccccc3)cc2c(=O)[nH]1)C(=O)N(c1ccc(C2=CCC=C2)cc1OCc1ccccc1)C4=O.